The lowest BCUT2D eigenvalue weighted by atomic mass is 9.43. The lowest BCUT2D eigenvalue weighted by molar-refractivity contribution is 0.398. The number of benzene rings is 8. The van der Waals surface area contributed by atoms with Gasteiger partial charge >= 0.3 is 0 Å². The summed E-state index contributed by atoms with van der Waals surface area (Å²) in [5, 5.41) is 4.79. The Hall–Kier alpha value is -6.52. The number of rotatable bonds is 8. The lowest BCUT2D eigenvalue weighted by Gasteiger charge is -2.57. The fourth-order valence-electron chi connectivity index (χ4n) is 9.30. The smallest absolute Gasteiger partial charge is 0.118 e. The molecule has 264 valence electrons. The molecule has 0 aliphatic heterocycles. The first-order valence-corrected chi connectivity index (χ1v) is 18.2. The van der Waals surface area contributed by atoms with Crippen molar-refractivity contribution in [2.45, 2.75) is 10.8 Å². The molecule has 0 fully saturated rings. The fourth-order valence-corrected chi connectivity index (χ4v) is 9.30. The van der Waals surface area contributed by atoms with E-state index in [1.165, 1.54) is 43.8 Å². The summed E-state index contributed by atoms with van der Waals surface area (Å²) in [6.45, 7) is 0. The van der Waals surface area contributed by atoms with E-state index < -0.39 is 10.8 Å². The van der Waals surface area contributed by atoms with Crippen molar-refractivity contribution in [2.75, 3.05) is 28.4 Å². The average Bonchev–Trinajstić information content (AvgIpc) is 3.25. The molecule has 54 heavy (non-hydrogen) atoms. The Morgan fingerprint density at radius 1 is 0.296 bits per heavy atom. The number of methoxy groups -OCH3 is 4. The summed E-state index contributed by atoms with van der Waals surface area (Å²) < 4.78 is 23.1. The SMILES string of the molecule is COc1ccc(C2(c3ccc(OC)cc3)c3ccc4ccccc4c3-c3c(ccc4ccccc34)C2(c2ccc(OC)cc2)c2ccc(OC)cc2)cc1. The van der Waals surface area contributed by atoms with Gasteiger partial charge in [0.05, 0.1) is 39.3 Å². The standard InChI is InChI=1S/C50H40O4/c1-51-39-23-15-35(16-24-39)49(36-17-25-40(52-2)26-18-36)45-31-13-33-9-5-7-11-43(33)47(45)48-44-12-8-6-10-34(44)14-32-46(48)50(49,37-19-27-41(53-3)28-20-37)38-21-29-42(54-4)30-22-38/h5-32H,1-4H3. The highest BCUT2D eigenvalue weighted by Crippen LogP contribution is 2.67. The molecule has 4 nitrogen and oxygen atoms in total. The second kappa shape index (κ2) is 13.2. The highest BCUT2D eigenvalue weighted by Gasteiger charge is 2.61. The summed E-state index contributed by atoms with van der Waals surface area (Å²) in [4.78, 5) is 0. The van der Waals surface area contributed by atoms with E-state index in [0.29, 0.717) is 0 Å². The second-order valence-corrected chi connectivity index (χ2v) is 13.8. The Kier molecular flexibility index (Phi) is 8.12. The van der Waals surface area contributed by atoms with Crippen molar-refractivity contribution in [2.24, 2.45) is 0 Å². The van der Waals surface area contributed by atoms with Gasteiger partial charge in [-0.3, -0.25) is 0 Å². The Labute approximate surface area is 316 Å². The first-order chi connectivity index (χ1) is 26.6. The Bertz CT molecular complexity index is 2340. The maximum atomic E-state index is 5.78. The summed E-state index contributed by atoms with van der Waals surface area (Å²) in [6, 6.07) is 61.6. The van der Waals surface area contributed by atoms with Crippen molar-refractivity contribution < 1.29 is 18.9 Å². The van der Waals surface area contributed by atoms with E-state index in [1.54, 1.807) is 28.4 Å². The van der Waals surface area contributed by atoms with E-state index in [-0.39, 0.29) is 0 Å². The monoisotopic (exact) mass is 704 g/mol. The summed E-state index contributed by atoms with van der Waals surface area (Å²) in [5.74, 6) is 3.18. The molecular weight excluding hydrogens is 665 g/mol. The molecule has 0 saturated heterocycles. The van der Waals surface area contributed by atoms with Crippen molar-refractivity contribution in [3.8, 4) is 34.1 Å². The van der Waals surface area contributed by atoms with E-state index in [0.717, 1.165) is 45.3 Å². The quantitative estimate of drug-likeness (QED) is 0.158. The van der Waals surface area contributed by atoms with Gasteiger partial charge in [-0.05, 0) is 115 Å². The third kappa shape index (κ3) is 4.69. The van der Waals surface area contributed by atoms with Crippen molar-refractivity contribution in [3.63, 3.8) is 0 Å². The van der Waals surface area contributed by atoms with Gasteiger partial charge in [0.2, 0.25) is 0 Å². The molecule has 8 aromatic rings. The predicted molar refractivity (Wildman–Crippen MR) is 219 cm³/mol. The van der Waals surface area contributed by atoms with Gasteiger partial charge in [-0.1, -0.05) is 121 Å². The topological polar surface area (TPSA) is 36.9 Å². The first kappa shape index (κ1) is 33.3. The third-order valence-electron chi connectivity index (χ3n) is 11.6. The third-order valence-corrected chi connectivity index (χ3v) is 11.6. The van der Waals surface area contributed by atoms with Crippen LogP contribution in [0.15, 0.2) is 170 Å². The zero-order chi connectivity index (χ0) is 36.9. The summed E-state index contributed by atoms with van der Waals surface area (Å²) in [5.41, 5.74) is 7.62. The number of hydrogen-bond acceptors (Lipinski definition) is 4. The van der Waals surface area contributed by atoms with Crippen LogP contribution in [0.5, 0.6) is 23.0 Å². The lowest BCUT2D eigenvalue weighted by Crippen LogP contribution is -2.55. The maximum absolute atomic E-state index is 5.78. The van der Waals surface area contributed by atoms with Gasteiger partial charge in [-0.2, -0.15) is 0 Å². The zero-order valence-corrected chi connectivity index (χ0v) is 30.8. The molecule has 9 rings (SSSR count). The molecule has 0 amide bonds. The molecule has 0 unspecified atom stereocenters. The van der Waals surface area contributed by atoms with Gasteiger partial charge in [0.1, 0.15) is 23.0 Å². The van der Waals surface area contributed by atoms with Gasteiger partial charge in [0.25, 0.3) is 0 Å². The molecule has 0 aromatic heterocycles. The maximum Gasteiger partial charge on any atom is 0.118 e. The van der Waals surface area contributed by atoms with Gasteiger partial charge in [-0.25, -0.2) is 0 Å². The molecule has 0 spiro atoms. The molecule has 4 heteroatoms. The van der Waals surface area contributed by atoms with Crippen LogP contribution in [0.1, 0.15) is 33.4 Å². The Balaban J connectivity index is 1.61. The van der Waals surface area contributed by atoms with Crippen molar-refractivity contribution in [1.82, 2.24) is 0 Å². The largest absolute Gasteiger partial charge is 0.497 e. The fraction of sp³-hybridized carbons (Fsp3) is 0.120. The van der Waals surface area contributed by atoms with E-state index >= 15 is 0 Å². The molecule has 0 bridgehead atoms. The molecule has 1 aliphatic carbocycles. The minimum atomic E-state index is -0.858. The second-order valence-electron chi connectivity index (χ2n) is 13.8. The molecular formula is C50H40O4. The molecule has 0 radical (unpaired) electrons. The van der Waals surface area contributed by atoms with E-state index in [4.69, 9.17) is 18.9 Å². The van der Waals surface area contributed by atoms with Crippen LogP contribution in [0.25, 0.3) is 32.7 Å². The summed E-state index contributed by atoms with van der Waals surface area (Å²) in [7, 11) is 6.88. The van der Waals surface area contributed by atoms with Crippen LogP contribution >= 0.6 is 0 Å². The van der Waals surface area contributed by atoms with E-state index in [2.05, 4.69) is 170 Å². The Morgan fingerprint density at radius 2 is 0.574 bits per heavy atom. The highest BCUT2D eigenvalue weighted by molar-refractivity contribution is 6.11. The molecule has 0 atom stereocenters. The molecule has 0 saturated carbocycles. The zero-order valence-electron chi connectivity index (χ0n) is 30.8. The van der Waals surface area contributed by atoms with Gasteiger partial charge in [0, 0.05) is 0 Å². The van der Waals surface area contributed by atoms with Crippen LogP contribution in [0.4, 0.5) is 0 Å². The van der Waals surface area contributed by atoms with Crippen LogP contribution in [-0.4, -0.2) is 28.4 Å². The number of ether oxygens (including phenoxy) is 4. The van der Waals surface area contributed by atoms with Crippen LogP contribution in [0.3, 0.4) is 0 Å². The van der Waals surface area contributed by atoms with Crippen molar-refractivity contribution >= 4 is 21.5 Å². The van der Waals surface area contributed by atoms with Gasteiger partial charge in [0.15, 0.2) is 0 Å². The summed E-state index contributed by atoms with van der Waals surface area (Å²) >= 11 is 0. The highest BCUT2D eigenvalue weighted by atomic mass is 16.5. The Morgan fingerprint density at radius 3 is 0.852 bits per heavy atom. The first-order valence-electron chi connectivity index (χ1n) is 18.2. The minimum absolute atomic E-state index is 0.795. The normalized spacial score (nSPS) is 13.9. The van der Waals surface area contributed by atoms with Gasteiger partial charge in [-0.15, -0.1) is 0 Å². The molecule has 0 heterocycles. The van der Waals surface area contributed by atoms with Crippen LogP contribution in [-0.2, 0) is 10.8 Å². The van der Waals surface area contributed by atoms with E-state index in [1.807, 2.05) is 0 Å². The number of hydrogen-bond donors (Lipinski definition) is 0. The van der Waals surface area contributed by atoms with Crippen LogP contribution in [0, 0.1) is 0 Å². The van der Waals surface area contributed by atoms with Crippen molar-refractivity contribution in [1.29, 1.82) is 0 Å². The average molecular weight is 705 g/mol. The van der Waals surface area contributed by atoms with Gasteiger partial charge < -0.3 is 18.9 Å². The molecule has 0 N–H and O–H groups in total. The van der Waals surface area contributed by atoms with E-state index in [9.17, 15) is 0 Å². The van der Waals surface area contributed by atoms with Crippen LogP contribution in [0.2, 0.25) is 0 Å². The number of fused-ring (bicyclic) bond motifs is 7. The van der Waals surface area contributed by atoms with Crippen molar-refractivity contribution in [3.05, 3.63) is 203 Å². The summed E-state index contributed by atoms with van der Waals surface area (Å²) in [6.07, 6.45) is 0. The predicted octanol–water partition coefficient (Wildman–Crippen LogP) is 11.4. The molecule has 8 aromatic carbocycles. The molecule has 1 aliphatic rings. The van der Waals surface area contributed by atoms with Crippen LogP contribution < -0.4 is 18.9 Å². The minimum Gasteiger partial charge on any atom is -0.497 e.